The standard InChI is InChI=1S/C17H16N2/c1-11-7-14-8-16(13-3-2-6-18-10-13)19-17(14)9-15(11)12-4-5-12/h2-3,6-10,12,19H,4-5H2,1H3. The van der Waals surface area contributed by atoms with Gasteiger partial charge in [0.25, 0.3) is 0 Å². The molecule has 0 amide bonds. The van der Waals surface area contributed by atoms with E-state index in [9.17, 15) is 0 Å². The van der Waals surface area contributed by atoms with Crippen LogP contribution in [0.3, 0.4) is 0 Å². The lowest BCUT2D eigenvalue weighted by molar-refractivity contribution is 1.10. The molecule has 4 rings (SSSR count). The van der Waals surface area contributed by atoms with Crippen LogP contribution in [0.1, 0.15) is 29.9 Å². The van der Waals surface area contributed by atoms with E-state index < -0.39 is 0 Å². The maximum Gasteiger partial charge on any atom is 0.0480 e. The zero-order chi connectivity index (χ0) is 12.8. The normalized spacial score (nSPS) is 15.0. The van der Waals surface area contributed by atoms with Gasteiger partial charge in [-0.2, -0.15) is 0 Å². The summed E-state index contributed by atoms with van der Waals surface area (Å²) < 4.78 is 0. The summed E-state index contributed by atoms with van der Waals surface area (Å²) >= 11 is 0. The Morgan fingerprint density at radius 3 is 2.84 bits per heavy atom. The van der Waals surface area contributed by atoms with E-state index in [1.54, 1.807) is 0 Å². The number of aromatic nitrogens is 2. The molecule has 2 heterocycles. The topological polar surface area (TPSA) is 28.7 Å². The molecular formula is C17H16N2. The molecule has 0 aliphatic heterocycles. The van der Waals surface area contributed by atoms with E-state index in [1.807, 2.05) is 18.5 Å². The number of H-pyrrole nitrogens is 1. The molecule has 0 bridgehead atoms. The Morgan fingerprint density at radius 1 is 1.21 bits per heavy atom. The highest BCUT2D eigenvalue weighted by atomic mass is 14.7. The number of aromatic amines is 1. The number of nitrogens with zero attached hydrogens (tertiary/aromatic N) is 1. The summed E-state index contributed by atoms with van der Waals surface area (Å²) in [7, 11) is 0. The molecule has 2 heteroatoms. The first-order valence-electron chi connectivity index (χ1n) is 6.85. The van der Waals surface area contributed by atoms with Crippen LogP contribution in [0.15, 0.2) is 42.7 Å². The summed E-state index contributed by atoms with van der Waals surface area (Å²) in [4.78, 5) is 7.71. The number of hydrogen-bond donors (Lipinski definition) is 1. The maximum absolute atomic E-state index is 4.18. The van der Waals surface area contributed by atoms with Gasteiger partial charge >= 0.3 is 0 Å². The first kappa shape index (κ1) is 10.8. The summed E-state index contributed by atoms with van der Waals surface area (Å²) in [6, 6.07) is 10.9. The summed E-state index contributed by atoms with van der Waals surface area (Å²) in [6.07, 6.45) is 6.41. The molecule has 1 aromatic carbocycles. The molecule has 2 aromatic heterocycles. The van der Waals surface area contributed by atoms with Gasteiger partial charge in [-0.15, -0.1) is 0 Å². The van der Waals surface area contributed by atoms with Gasteiger partial charge in [-0.3, -0.25) is 4.98 Å². The molecule has 1 aliphatic carbocycles. The van der Waals surface area contributed by atoms with Gasteiger partial charge in [-0.25, -0.2) is 0 Å². The molecule has 0 atom stereocenters. The van der Waals surface area contributed by atoms with Crippen LogP contribution in [-0.4, -0.2) is 9.97 Å². The predicted molar refractivity (Wildman–Crippen MR) is 78.2 cm³/mol. The average molecular weight is 248 g/mol. The molecule has 1 N–H and O–H groups in total. The van der Waals surface area contributed by atoms with Crippen molar-refractivity contribution < 1.29 is 0 Å². The lowest BCUT2D eigenvalue weighted by Gasteiger charge is -2.03. The van der Waals surface area contributed by atoms with E-state index in [0.29, 0.717) is 0 Å². The van der Waals surface area contributed by atoms with Crippen molar-refractivity contribution in [2.75, 3.05) is 0 Å². The molecule has 94 valence electrons. The van der Waals surface area contributed by atoms with E-state index in [-0.39, 0.29) is 0 Å². The van der Waals surface area contributed by atoms with Crippen LogP contribution in [0.5, 0.6) is 0 Å². The predicted octanol–water partition coefficient (Wildman–Crippen LogP) is 4.42. The van der Waals surface area contributed by atoms with Crippen molar-refractivity contribution in [1.29, 1.82) is 0 Å². The van der Waals surface area contributed by atoms with Gasteiger partial charge in [0.15, 0.2) is 0 Å². The van der Waals surface area contributed by atoms with Gasteiger partial charge < -0.3 is 4.98 Å². The van der Waals surface area contributed by atoms with E-state index in [4.69, 9.17) is 0 Å². The van der Waals surface area contributed by atoms with E-state index in [2.05, 4.69) is 41.2 Å². The molecule has 0 unspecified atom stereocenters. The van der Waals surface area contributed by atoms with E-state index >= 15 is 0 Å². The Kier molecular flexibility index (Phi) is 2.25. The summed E-state index contributed by atoms with van der Waals surface area (Å²) in [5.41, 5.74) is 6.48. The van der Waals surface area contributed by atoms with Crippen molar-refractivity contribution in [2.45, 2.75) is 25.7 Å². The number of aryl methyl sites for hydroxylation is 1. The number of nitrogens with one attached hydrogen (secondary N) is 1. The Morgan fingerprint density at radius 2 is 2.11 bits per heavy atom. The third-order valence-electron chi connectivity index (χ3n) is 4.00. The minimum absolute atomic E-state index is 0.801. The number of benzene rings is 1. The van der Waals surface area contributed by atoms with Gasteiger partial charge in [0.1, 0.15) is 0 Å². The van der Waals surface area contributed by atoms with Crippen LogP contribution in [0.25, 0.3) is 22.2 Å². The number of fused-ring (bicyclic) bond motifs is 1. The van der Waals surface area contributed by atoms with Gasteiger partial charge in [-0.05, 0) is 67.1 Å². The van der Waals surface area contributed by atoms with Gasteiger partial charge in [0, 0.05) is 34.6 Å². The van der Waals surface area contributed by atoms with E-state index in [0.717, 1.165) is 17.2 Å². The van der Waals surface area contributed by atoms with Crippen molar-refractivity contribution in [3.63, 3.8) is 0 Å². The third-order valence-corrected chi connectivity index (χ3v) is 4.00. The smallest absolute Gasteiger partial charge is 0.0480 e. The lowest BCUT2D eigenvalue weighted by atomic mass is 10.0. The Labute approximate surface area is 112 Å². The van der Waals surface area contributed by atoms with Crippen LogP contribution >= 0.6 is 0 Å². The Bertz CT molecular complexity index is 737. The zero-order valence-corrected chi connectivity index (χ0v) is 11.0. The second kappa shape index (κ2) is 3.95. The minimum Gasteiger partial charge on any atom is -0.354 e. The molecule has 19 heavy (non-hydrogen) atoms. The fourth-order valence-electron chi connectivity index (χ4n) is 2.82. The SMILES string of the molecule is Cc1cc2cc(-c3cccnc3)[nH]c2cc1C1CC1. The highest BCUT2D eigenvalue weighted by Gasteiger charge is 2.25. The maximum atomic E-state index is 4.18. The molecular weight excluding hydrogens is 232 g/mol. The third kappa shape index (κ3) is 1.84. The first-order chi connectivity index (χ1) is 9.31. The van der Waals surface area contributed by atoms with Crippen molar-refractivity contribution >= 4 is 10.9 Å². The molecule has 2 nitrogen and oxygen atoms in total. The van der Waals surface area contributed by atoms with Gasteiger partial charge in [-0.1, -0.05) is 0 Å². The largest absolute Gasteiger partial charge is 0.354 e. The summed E-state index contributed by atoms with van der Waals surface area (Å²) in [6.45, 7) is 2.23. The fraction of sp³-hybridized carbons (Fsp3) is 0.235. The fourth-order valence-corrected chi connectivity index (χ4v) is 2.82. The highest BCUT2D eigenvalue weighted by molar-refractivity contribution is 5.87. The second-order valence-electron chi connectivity index (χ2n) is 5.50. The zero-order valence-electron chi connectivity index (χ0n) is 11.0. The molecule has 0 spiro atoms. The number of rotatable bonds is 2. The van der Waals surface area contributed by atoms with Crippen molar-refractivity contribution in [3.8, 4) is 11.3 Å². The van der Waals surface area contributed by atoms with Crippen LogP contribution < -0.4 is 0 Å². The van der Waals surface area contributed by atoms with Crippen LogP contribution in [0, 0.1) is 6.92 Å². The second-order valence-corrected chi connectivity index (χ2v) is 5.50. The monoisotopic (exact) mass is 248 g/mol. The molecule has 1 saturated carbocycles. The van der Waals surface area contributed by atoms with Crippen molar-refractivity contribution in [1.82, 2.24) is 9.97 Å². The molecule has 0 radical (unpaired) electrons. The van der Waals surface area contributed by atoms with Crippen LogP contribution in [0.4, 0.5) is 0 Å². The summed E-state index contributed by atoms with van der Waals surface area (Å²) in [5, 5.41) is 1.29. The Balaban J connectivity index is 1.87. The average Bonchev–Trinajstić information content (AvgIpc) is 3.19. The first-order valence-corrected chi connectivity index (χ1v) is 6.85. The van der Waals surface area contributed by atoms with Gasteiger partial charge in [0.05, 0.1) is 0 Å². The highest BCUT2D eigenvalue weighted by Crippen LogP contribution is 2.42. The van der Waals surface area contributed by atoms with Crippen molar-refractivity contribution in [3.05, 3.63) is 53.9 Å². The number of hydrogen-bond acceptors (Lipinski definition) is 1. The van der Waals surface area contributed by atoms with Crippen molar-refractivity contribution in [2.24, 2.45) is 0 Å². The minimum atomic E-state index is 0.801. The number of pyridine rings is 1. The van der Waals surface area contributed by atoms with Gasteiger partial charge in [0.2, 0.25) is 0 Å². The molecule has 0 saturated heterocycles. The van der Waals surface area contributed by atoms with Crippen LogP contribution in [-0.2, 0) is 0 Å². The quantitative estimate of drug-likeness (QED) is 0.714. The lowest BCUT2D eigenvalue weighted by Crippen LogP contribution is -1.85. The molecule has 3 aromatic rings. The molecule has 1 aliphatic rings. The summed E-state index contributed by atoms with van der Waals surface area (Å²) in [5.74, 6) is 0.801. The molecule has 1 fully saturated rings. The van der Waals surface area contributed by atoms with E-state index in [1.165, 1.54) is 34.9 Å². The Hall–Kier alpha value is -2.09. The van der Waals surface area contributed by atoms with Crippen LogP contribution in [0.2, 0.25) is 0 Å².